The Kier molecular flexibility index (Phi) is 6.80. The van der Waals surface area contributed by atoms with Crippen molar-refractivity contribution in [2.75, 3.05) is 26.1 Å². The second-order valence-electron chi connectivity index (χ2n) is 3.79. The molecule has 0 radical (unpaired) electrons. The fourth-order valence-electron chi connectivity index (χ4n) is 1.63. The fraction of sp³-hybridized carbons (Fsp3) is 0.667. The standard InChI is InChI=1S/C12H20IN3O2/c1-5-9(18-4)11-15-8(7-17-3)10(13)12(16-11)14-6-2/h9H,5-7H2,1-4H3,(H,14,15,16). The van der Waals surface area contributed by atoms with E-state index in [1.807, 2.05) is 6.92 Å². The molecule has 1 aromatic heterocycles. The molecule has 5 nitrogen and oxygen atoms in total. The van der Waals surface area contributed by atoms with Gasteiger partial charge in [-0.3, -0.25) is 0 Å². The highest BCUT2D eigenvalue weighted by Gasteiger charge is 2.17. The van der Waals surface area contributed by atoms with Crippen molar-refractivity contribution in [1.29, 1.82) is 0 Å². The van der Waals surface area contributed by atoms with Crippen molar-refractivity contribution >= 4 is 28.4 Å². The van der Waals surface area contributed by atoms with Crippen LogP contribution in [0.15, 0.2) is 0 Å². The van der Waals surface area contributed by atoms with Crippen LogP contribution in [0.25, 0.3) is 0 Å². The predicted molar refractivity (Wildman–Crippen MR) is 79.7 cm³/mol. The summed E-state index contributed by atoms with van der Waals surface area (Å²) in [4.78, 5) is 9.07. The van der Waals surface area contributed by atoms with Gasteiger partial charge in [-0.25, -0.2) is 9.97 Å². The molecule has 0 aliphatic heterocycles. The van der Waals surface area contributed by atoms with Crippen molar-refractivity contribution in [3.8, 4) is 0 Å². The lowest BCUT2D eigenvalue weighted by molar-refractivity contribution is 0.0917. The Balaban J connectivity index is 3.18. The molecule has 0 saturated heterocycles. The first-order valence-electron chi connectivity index (χ1n) is 5.99. The molecule has 1 atom stereocenters. The largest absolute Gasteiger partial charge is 0.378 e. The van der Waals surface area contributed by atoms with Gasteiger partial charge in [-0.1, -0.05) is 6.92 Å². The highest BCUT2D eigenvalue weighted by atomic mass is 127. The lowest BCUT2D eigenvalue weighted by Gasteiger charge is -2.16. The molecule has 6 heteroatoms. The minimum atomic E-state index is -0.0741. The molecule has 0 fully saturated rings. The second-order valence-corrected chi connectivity index (χ2v) is 4.87. The summed E-state index contributed by atoms with van der Waals surface area (Å²) in [6, 6.07) is 0. The van der Waals surface area contributed by atoms with Gasteiger partial charge >= 0.3 is 0 Å². The van der Waals surface area contributed by atoms with Crippen molar-refractivity contribution in [1.82, 2.24) is 9.97 Å². The van der Waals surface area contributed by atoms with Crippen LogP contribution < -0.4 is 5.32 Å². The zero-order valence-electron chi connectivity index (χ0n) is 11.3. The van der Waals surface area contributed by atoms with Crippen LogP contribution in [0.2, 0.25) is 0 Å². The minimum absolute atomic E-state index is 0.0741. The van der Waals surface area contributed by atoms with Gasteiger partial charge in [0.05, 0.1) is 15.9 Å². The smallest absolute Gasteiger partial charge is 0.159 e. The number of methoxy groups -OCH3 is 2. The SMILES string of the molecule is CCNc1nc(C(CC)OC)nc(COC)c1I. The molecule has 1 unspecified atom stereocenters. The third kappa shape index (κ3) is 3.76. The molecule has 0 spiro atoms. The van der Waals surface area contributed by atoms with Crippen molar-refractivity contribution in [3.05, 3.63) is 15.1 Å². The first-order chi connectivity index (χ1) is 8.67. The van der Waals surface area contributed by atoms with Crippen LogP contribution in [0.5, 0.6) is 0 Å². The average Bonchev–Trinajstić information content (AvgIpc) is 2.36. The highest BCUT2D eigenvalue weighted by Crippen LogP contribution is 2.24. The van der Waals surface area contributed by atoms with Crippen molar-refractivity contribution in [3.63, 3.8) is 0 Å². The van der Waals surface area contributed by atoms with Crippen LogP contribution in [-0.4, -0.2) is 30.7 Å². The number of hydrogen-bond donors (Lipinski definition) is 1. The normalized spacial score (nSPS) is 12.5. The predicted octanol–water partition coefficient (Wildman–Crippen LogP) is 2.76. The number of nitrogens with one attached hydrogen (secondary N) is 1. The van der Waals surface area contributed by atoms with Crippen LogP contribution in [0.3, 0.4) is 0 Å². The summed E-state index contributed by atoms with van der Waals surface area (Å²) in [5.41, 5.74) is 0.898. The zero-order valence-corrected chi connectivity index (χ0v) is 13.4. The van der Waals surface area contributed by atoms with Gasteiger partial charge in [0.2, 0.25) is 0 Å². The molecule has 1 aromatic rings. The summed E-state index contributed by atoms with van der Waals surface area (Å²) >= 11 is 2.24. The van der Waals surface area contributed by atoms with E-state index in [-0.39, 0.29) is 6.10 Å². The molecule has 1 N–H and O–H groups in total. The van der Waals surface area contributed by atoms with E-state index >= 15 is 0 Å². The van der Waals surface area contributed by atoms with Crippen molar-refractivity contribution in [2.24, 2.45) is 0 Å². The third-order valence-electron chi connectivity index (χ3n) is 2.51. The minimum Gasteiger partial charge on any atom is -0.378 e. The topological polar surface area (TPSA) is 56.3 Å². The molecule has 0 saturated carbocycles. The highest BCUT2D eigenvalue weighted by molar-refractivity contribution is 14.1. The number of hydrogen-bond acceptors (Lipinski definition) is 5. The quantitative estimate of drug-likeness (QED) is 0.753. The van der Waals surface area contributed by atoms with Gasteiger partial charge in [0.15, 0.2) is 5.82 Å². The monoisotopic (exact) mass is 365 g/mol. The Hall–Kier alpha value is -0.470. The van der Waals surface area contributed by atoms with E-state index in [0.717, 1.165) is 28.0 Å². The second kappa shape index (κ2) is 7.85. The summed E-state index contributed by atoms with van der Waals surface area (Å²) in [6.45, 7) is 5.40. The van der Waals surface area contributed by atoms with E-state index in [0.29, 0.717) is 12.4 Å². The maximum absolute atomic E-state index is 5.40. The van der Waals surface area contributed by atoms with E-state index in [1.165, 1.54) is 0 Å². The summed E-state index contributed by atoms with van der Waals surface area (Å²) < 4.78 is 11.6. The van der Waals surface area contributed by atoms with E-state index in [4.69, 9.17) is 9.47 Å². The maximum Gasteiger partial charge on any atom is 0.159 e. The molecule has 1 rings (SSSR count). The Morgan fingerprint density at radius 1 is 1.28 bits per heavy atom. The van der Waals surface area contributed by atoms with E-state index in [1.54, 1.807) is 14.2 Å². The molecule has 0 amide bonds. The number of nitrogens with zero attached hydrogens (tertiary/aromatic N) is 2. The first-order valence-corrected chi connectivity index (χ1v) is 7.07. The Bertz CT molecular complexity index is 357. The van der Waals surface area contributed by atoms with Gasteiger partial charge in [-0.2, -0.15) is 0 Å². The fourth-order valence-corrected chi connectivity index (χ4v) is 2.22. The molecule has 1 heterocycles. The van der Waals surface area contributed by atoms with Crippen LogP contribution >= 0.6 is 22.6 Å². The van der Waals surface area contributed by atoms with E-state index in [2.05, 4.69) is 44.8 Å². The van der Waals surface area contributed by atoms with Gasteiger partial charge in [-0.15, -0.1) is 0 Å². The van der Waals surface area contributed by atoms with Gasteiger partial charge in [0.1, 0.15) is 11.9 Å². The lowest BCUT2D eigenvalue weighted by Crippen LogP contribution is -2.13. The van der Waals surface area contributed by atoms with Crippen LogP contribution in [0.4, 0.5) is 5.82 Å². The van der Waals surface area contributed by atoms with Gasteiger partial charge in [0, 0.05) is 20.8 Å². The molecule has 0 aliphatic rings. The summed E-state index contributed by atoms with van der Waals surface area (Å²) in [6.07, 6.45) is 0.768. The Morgan fingerprint density at radius 3 is 2.50 bits per heavy atom. The summed E-state index contributed by atoms with van der Waals surface area (Å²) in [5, 5.41) is 3.25. The number of halogens is 1. The van der Waals surface area contributed by atoms with Crippen molar-refractivity contribution < 1.29 is 9.47 Å². The lowest BCUT2D eigenvalue weighted by atomic mass is 10.2. The number of rotatable bonds is 7. The van der Waals surface area contributed by atoms with Crippen molar-refractivity contribution in [2.45, 2.75) is 33.0 Å². The molecule has 0 aliphatic carbocycles. The number of ether oxygens (including phenoxy) is 2. The van der Waals surface area contributed by atoms with Crippen LogP contribution in [0, 0.1) is 3.57 Å². The molecular formula is C12H20IN3O2. The number of anilines is 1. The number of aromatic nitrogens is 2. The van der Waals surface area contributed by atoms with Gasteiger partial charge in [0.25, 0.3) is 0 Å². The third-order valence-corrected chi connectivity index (χ3v) is 3.64. The van der Waals surface area contributed by atoms with Gasteiger partial charge < -0.3 is 14.8 Å². The Morgan fingerprint density at radius 2 is 2.00 bits per heavy atom. The van der Waals surface area contributed by atoms with Gasteiger partial charge in [-0.05, 0) is 35.9 Å². The first kappa shape index (κ1) is 15.6. The summed E-state index contributed by atoms with van der Waals surface area (Å²) in [7, 11) is 3.34. The Labute approximate surface area is 122 Å². The van der Waals surface area contributed by atoms with Crippen LogP contribution in [-0.2, 0) is 16.1 Å². The summed E-state index contributed by atoms with van der Waals surface area (Å²) in [5.74, 6) is 1.56. The zero-order chi connectivity index (χ0) is 13.5. The maximum atomic E-state index is 5.40. The molecule has 0 aromatic carbocycles. The van der Waals surface area contributed by atoms with E-state index < -0.39 is 0 Å². The average molecular weight is 365 g/mol. The molecule has 102 valence electrons. The molecule has 18 heavy (non-hydrogen) atoms. The molecular weight excluding hydrogens is 345 g/mol. The van der Waals surface area contributed by atoms with E-state index in [9.17, 15) is 0 Å². The van der Waals surface area contributed by atoms with Crippen LogP contribution in [0.1, 0.15) is 37.9 Å². The molecule has 0 bridgehead atoms.